The molecule has 0 atom stereocenters. The van der Waals surface area contributed by atoms with Crippen molar-refractivity contribution in [3.63, 3.8) is 0 Å². The molecule has 120 valence electrons. The summed E-state index contributed by atoms with van der Waals surface area (Å²) in [4.78, 5) is 22.1. The Balaban J connectivity index is 1.81. The van der Waals surface area contributed by atoms with Gasteiger partial charge in [0.05, 0.1) is 5.69 Å². The second-order valence-electron chi connectivity index (χ2n) is 5.13. The summed E-state index contributed by atoms with van der Waals surface area (Å²) in [6, 6.07) is 3.18. The molecule has 3 rings (SSSR count). The number of hydrogen-bond donors (Lipinski definition) is 1. The van der Waals surface area contributed by atoms with Crippen molar-refractivity contribution in [2.24, 2.45) is 0 Å². The van der Waals surface area contributed by atoms with Gasteiger partial charge in [-0.3, -0.25) is 4.79 Å². The Kier molecular flexibility index (Phi) is 4.14. The minimum atomic E-state index is -1.64. The number of carbonyl (C=O) groups excluding carboxylic acids is 1. The summed E-state index contributed by atoms with van der Waals surface area (Å²) < 4.78 is 39.7. The molecule has 1 aromatic carbocycles. The van der Waals surface area contributed by atoms with Gasteiger partial charge in [0.15, 0.2) is 17.5 Å². The Labute approximate surface area is 130 Å². The third-order valence-electron chi connectivity index (χ3n) is 3.60. The number of aromatic nitrogens is 2. The number of anilines is 2. The van der Waals surface area contributed by atoms with Gasteiger partial charge >= 0.3 is 0 Å². The number of benzene rings is 1. The van der Waals surface area contributed by atoms with Crippen molar-refractivity contribution in [1.29, 1.82) is 0 Å². The fourth-order valence-corrected chi connectivity index (χ4v) is 2.40. The van der Waals surface area contributed by atoms with E-state index in [1.54, 1.807) is 0 Å². The Morgan fingerprint density at radius 1 is 1.09 bits per heavy atom. The number of nitrogens with one attached hydrogen (secondary N) is 1. The van der Waals surface area contributed by atoms with E-state index in [1.807, 2.05) is 4.90 Å². The number of amides is 1. The third kappa shape index (κ3) is 3.10. The molecule has 0 saturated carbocycles. The number of nitrogens with zero attached hydrogens (tertiary/aromatic N) is 3. The van der Waals surface area contributed by atoms with E-state index in [2.05, 4.69) is 15.3 Å². The van der Waals surface area contributed by atoms with Gasteiger partial charge in [-0.25, -0.2) is 23.1 Å². The van der Waals surface area contributed by atoms with Gasteiger partial charge in [0.25, 0.3) is 5.91 Å². The number of halogens is 3. The van der Waals surface area contributed by atoms with Gasteiger partial charge in [0, 0.05) is 19.2 Å². The molecular formula is C15H13F3N4O. The topological polar surface area (TPSA) is 58.1 Å². The number of rotatable bonds is 3. The molecule has 1 aromatic heterocycles. The predicted octanol–water partition coefficient (Wildman–Crippen LogP) is 2.75. The maximum atomic E-state index is 13.6. The van der Waals surface area contributed by atoms with Crippen molar-refractivity contribution >= 4 is 17.4 Å². The van der Waals surface area contributed by atoms with E-state index in [0.717, 1.165) is 38.1 Å². The fourth-order valence-electron chi connectivity index (χ4n) is 2.40. The number of hydrogen-bond acceptors (Lipinski definition) is 4. The van der Waals surface area contributed by atoms with Crippen LogP contribution in [0.15, 0.2) is 24.5 Å². The molecule has 0 aliphatic carbocycles. The molecule has 8 heteroatoms. The van der Waals surface area contributed by atoms with Crippen LogP contribution in [0.3, 0.4) is 0 Å². The molecule has 1 fully saturated rings. The van der Waals surface area contributed by atoms with Gasteiger partial charge in [-0.1, -0.05) is 0 Å². The third-order valence-corrected chi connectivity index (χ3v) is 3.60. The van der Waals surface area contributed by atoms with Crippen LogP contribution in [0.25, 0.3) is 0 Å². The zero-order chi connectivity index (χ0) is 16.4. The van der Waals surface area contributed by atoms with E-state index in [0.29, 0.717) is 5.82 Å². The van der Waals surface area contributed by atoms with Gasteiger partial charge in [-0.05, 0) is 25.0 Å². The second-order valence-corrected chi connectivity index (χ2v) is 5.13. The van der Waals surface area contributed by atoms with Gasteiger partial charge in [0.1, 0.15) is 17.8 Å². The van der Waals surface area contributed by atoms with Crippen LogP contribution in [0.2, 0.25) is 0 Å². The van der Waals surface area contributed by atoms with Gasteiger partial charge in [-0.15, -0.1) is 0 Å². The predicted molar refractivity (Wildman–Crippen MR) is 77.7 cm³/mol. The lowest BCUT2D eigenvalue weighted by Gasteiger charge is -2.16. The van der Waals surface area contributed by atoms with E-state index in [1.165, 1.54) is 12.4 Å². The van der Waals surface area contributed by atoms with E-state index in [9.17, 15) is 18.0 Å². The Morgan fingerprint density at radius 3 is 2.57 bits per heavy atom. The summed E-state index contributed by atoms with van der Waals surface area (Å²) in [5, 5.41) is 2.18. The Bertz CT molecular complexity index is 747. The molecule has 2 heterocycles. The minimum absolute atomic E-state index is 0.0195. The highest BCUT2D eigenvalue weighted by molar-refractivity contribution is 6.03. The highest BCUT2D eigenvalue weighted by atomic mass is 19.2. The average Bonchev–Trinajstić information content (AvgIpc) is 3.10. The molecule has 23 heavy (non-hydrogen) atoms. The molecule has 1 saturated heterocycles. The van der Waals surface area contributed by atoms with E-state index >= 15 is 0 Å². The molecule has 0 radical (unpaired) electrons. The lowest BCUT2D eigenvalue weighted by molar-refractivity contribution is 0.102. The van der Waals surface area contributed by atoms with Crippen LogP contribution in [-0.2, 0) is 0 Å². The lowest BCUT2D eigenvalue weighted by atomic mass is 10.2. The highest BCUT2D eigenvalue weighted by Gasteiger charge is 2.19. The molecule has 1 N–H and O–H groups in total. The van der Waals surface area contributed by atoms with Crippen LogP contribution in [0.1, 0.15) is 23.3 Å². The molecule has 1 aliphatic heterocycles. The van der Waals surface area contributed by atoms with Crippen molar-refractivity contribution < 1.29 is 18.0 Å². The van der Waals surface area contributed by atoms with Gasteiger partial charge in [0.2, 0.25) is 0 Å². The zero-order valence-corrected chi connectivity index (χ0v) is 12.0. The quantitative estimate of drug-likeness (QED) is 0.883. The summed E-state index contributed by atoms with van der Waals surface area (Å²) in [6.45, 7) is 1.69. The average molecular weight is 322 g/mol. The maximum Gasteiger partial charge on any atom is 0.274 e. The van der Waals surface area contributed by atoms with Crippen molar-refractivity contribution in [3.8, 4) is 0 Å². The molecule has 0 bridgehead atoms. The lowest BCUT2D eigenvalue weighted by Crippen LogP contribution is -2.21. The first-order chi connectivity index (χ1) is 11.1. The normalized spacial score (nSPS) is 14.1. The van der Waals surface area contributed by atoms with Crippen LogP contribution in [0, 0.1) is 17.5 Å². The standard InChI is InChI=1S/C15H13F3N4O/c16-9-3-4-10(14(18)13(9)17)21-15(23)11-7-12(20-8-19-11)22-5-1-2-6-22/h3-4,7-8H,1-2,5-6H2,(H,21,23). The first-order valence-corrected chi connectivity index (χ1v) is 7.08. The highest BCUT2D eigenvalue weighted by Crippen LogP contribution is 2.21. The molecule has 5 nitrogen and oxygen atoms in total. The molecular weight excluding hydrogens is 309 g/mol. The van der Waals surface area contributed by atoms with Crippen molar-refractivity contribution in [2.75, 3.05) is 23.3 Å². The fraction of sp³-hybridized carbons (Fsp3) is 0.267. The number of carbonyl (C=O) groups is 1. The van der Waals surface area contributed by atoms with Crippen LogP contribution >= 0.6 is 0 Å². The molecule has 1 aliphatic rings. The summed E-state index contributed by atoms with van der Waals surface area (Å²) in [6.07, 6.45) is 3.33. The van der Waals surface area contributed by atoms with E-state index < -0.39 is 29.0 Å². The minimum Gasteiger partial charge on any atom is -0.357 e. The van der Waals surface area contributed by atoms with E-state index in [-0.39, 0.29) is 5.69 Å². The van der Waals surface area contributed by atoms with Gasteiger partial charge < -0.3 is 10.2 Å². The summed E-state index contributed by atoms with van der Waals surface area (Å²) in [5.74, 6) is -4.53. The second kappa shape index (κ2) is 6.23. The molecule has 1 amide bonds. The van der Waals surface area contributed by atoms with Crippen LogP contribution in [-0.4, -0.2) is 29.0 Å². The summed E-state index contributed by atoms with van der Waals surface area (Å²) in [5.41, 5.74) is -0.429. The molecule has 0 unspecified atom stereocenters. The Morgan fingerprint density at radius 2 is 1.83 bits per heavy atom. The largest absolute Gasteiger partial charge is 0.357 e. The summed E-state index contributed by atoms with van der Waals surface area (Å²) in [7, 11) is 0. The van der Waals surface area contributed by atoms with Gasteiger partial charge in [-0.2, -0.15) is 0 Å². The first kappa shape index (κ1) is 15.3. The van der Waals surface area contributed by atoms with Crippen LogP contribution in [0.4, 0.5) is 24.7 Å². The molecule has 0 spiro atoms. The van der Waals surface area contributed by atoms with Crippen molar-refractivity contribution in [1.82, 2.24) is 9.97 Å². The summed E-state index contributed by atoms with van der Waals surface area (Å²) >= 11 is 0. The van der Waals surface area contributed by atoms with E-state index in [4.69, 9.17) is 0 Å². The van der Waals surface area contributed by atoms with Crippen molar-refractivity contribution in [2.45, 2.75) is 12.8 Å². The zero-order valence-electron chi connectivity index (χ0n) is 12.0. The monoisotopic (exact) mass is 322 g/mol. The Hall–Kier alpha value is -2.64. The van der Waals surface area contributed by atoms with Crippen LogP contribution in [0.5, 0.6) is 0 Å². The maximum absolute atomic E-state index is 13.6. The van der Waals surface area contributed by atoms with Crippen LogP contribution < -0.4 is 10.2 Å². The van der Waals surface area contributed by atoms with Crippen molar-refractivity contribution in [3.05, 3.63) is 47.7 Å². The first-order valence-electron chi connectivity index (χ1n) is 7.08. The smallest absolute Gasteiger partial charge is 0.274 e. The SMILES string of the molecule is O=C(Nc1ccc(F)c(F)c1F)c1cc(N2CCCC2)ncn1. The molecule has 2 aromatic rings.